The molecule has 0 spiro atoms. The minimum Gasteiger partial charge on any atom is -0.493 e. The molecule has 4 aromatic carbocycles. The largest absolute Gasteiger partial charge is 0.493 e. The molecule has 4 aromatic rings. The van der Waals surface area contributed by atoms with E-state index in [1.54, 1.807) is 36.4 Å². The maximum Gasteiger partial charge on any atom is 0.339 e. The van der Waals surface area contributed by atoms with E-state index in [9.17, 15) is 13.2 Å². The van der Waals surface area contributed by atoms with E-state index in [-0.39, 0.29) is 22.3 Å². The molecule has 1 amide bonds. The first-order valence-corrected chi connectivity index (χ1v) is 16.0. The summed E-state index contributed by atoms with van der Waals surface area (Å²) in [6, 6.07) is 21.0. The summed E-state index contributed by atoms with van der Waals surface area (Å²) in [5.74, 6) is -0.168. The summed E-state index contributed by atoms with van der Waals surface area (Å²) in [7, 11) is -2.76. The Hall–Kier alpha value is -3.47. The minimum atomic E-state index is -4.15. The van der Waals surface area contributed by atoms with Crippen molar-refractivity contribution in [2.24, 2.45) is 4.99 Å². The van der Waals surface area contributed by atoms with E-state index in [1.807, 2.05) is 32.0 Å². The van der Waals surface area contributed by atoms with Crippen LogP contribution in [0.3, 0.4) is 0 Å². The monoisotopic (exact) mass is 672 g/mol. The number of amides is 1. The molecule has 1 aliphatic heterocycles. The van der Waals surface area contributed by atoms with Crippen molar-refractivity contribution in [2.45, 2.75) is 18.7 Å². The fourth-order valence-corrected chi connectivity index (χ4v) is 6.44. The quantitative estimate of drug-likeness (QED) is 0.144. The van der Waals surface area contributed by atoms with Crippen molar-refractivity contribution in [1.29, 1.82) is 0 Å². The van der Waals surface area contributed by atoms with Crippen molar-refractivity contribution in [3.05, 3.63) is 116 Å². The van der Waals surface area contributed by atoms with Gasteiger partial charge < -0.3 is 8.92 Å². The van der Waals surface area contributed by atoms with Crippen molar-refractivity contribution >= 4 is 85.2 Å². The number of nitrogens with zero attached hydrogens (tertiary/aromatic N) is 2. The van der Waals surface area contributed by atoms with E-state index in [1.165, 1.54) is 54.1 Å². The van der Waals surface area contributed by atoms with E-state index in [2.05, 4.69) is 0 Å². The number of carbonyl (C=O) groups is 1. The van der Waals surface area contributed by atoms with Crippen LogP contribution in [-0.2, 0) is 14.9 Å². The Bertz CT molecular complexity index is 1910. The number of halogens is 3. The molecule has 0 unspecified atom stereocenters. The lowest BCUT2D eigenvalue weighted by Gasteiger charge is -2.16. The second-order valence-corrected chi connectivity index (χ2v) is 13.2. The Labute approximate surface area is 268 Å². The number of carbonyl (C=O) groups excluding carboxylic acids is 1. The van der Waals surface area contributed by atoms with Gasteiger partial charge in [0.25, 0.3) is 5.91 Å². The highest BCUT2D eigenvalue weighted by Gasteiger charge is 2.35. The molecule has 1 aliphatic rings. The van der Waals surface area contributed by atoms with Gasteiger partial charge in [-0.05, 0) is 109 Å². The lowest BCUT2D eigenvalue weighted by Crippen LogP contribution is -2.28. The first-order valence-electron chi connectivity index (χ1n) is 12.7. The summed E-state index contributed by atoms with van der Waals surface area (Å²) in [6.07, 6.45) is 1.67. The third-order valence-electron chi connectivity index (χ3n) is 6.39. The van der Waals surface area contributed by atoms with Crippen LogP contribution in [0.5, 0.6) is 11.5 Å². The van der Waals surface area contributed by atoms with Gasteiger partial charge in [0.1, 0.15) is 4.90 Å². The van der Waals surface area contributed by atoms with E-state index in [0.29, 0.717) is 42.1 Å². The van der Waals surface area contributed by atoms with Crippen LogP contribution in [-0.4, -0.2) is 26.6 Å². The summed E-state index contributed by atoms with van der Waals surface area (Å²) in [4.78, 5) is 20.3. The molecule has 0 aromatic heterocycles. The van der Waals surface area contributed by atoms with Gasteiger partial charge in [0, 0.05) is 15.1 Å². The maximum absolute atomic E-state index is 13.8. The highest BCUT2D eigenvalue weighted by atomic mass is 35.5. The molecule has 1 heterocycles. The number of benzene rings is 4. The predicted octanol–water partition coefficient (Wildman–Crippen LogP) is 8.85. The van der Waals surface area contributed by atoms with Crippen molar-refractivity contribution < 1.29 is 22.1 Å². The molecule has 43 heavy (non-hydrogen) atoms. The SMILES string of the molecule is COc1cc(/C=C2/SC(=Nc3ccc(C)c(Cl)c3)N(c3ccc(C)c(Cl)c3)C2=O)ccc1OS(=O)(=O)c1ccc(Cl)cc1. The van der Waals surface area contributed by atoms with Gasteiger partial charge in [0.2, 0.25) is 0 Å². The average Bonchev–Trinajstić information content (AvgIpc) is 3.27. The molecule has 1 fully saturated rings. The van der Waals surface area contributed by atoms with Crippen LogP contribution in [0.25, 0.3) is 6.08 Å². The third-order valence-corrected chi connectivity index (χ3v) is 9.67. The summed E-state index contributed by atoms with van der Waals surface area (Å²) in [6.45, 7) is 3.77. The number of thioether (sulfide) groups is 1. The van der Waals surface area contributed by atoms with Crippen LogP contribution in [0.15, 0.2) is 93.7 Å². The summed E-state index contributed by atoms with van der Waals surface area (Å²) in [5, 5.41) is 1.88. The number of hydrogen-bond donors (Lipinski definition) is 0. The summed E-state index contributed by atoms with van der Waals surface area (Å²) < 4.78 is 36.4. The van der Waals surface area contributed by atoms with Gasteiger partial charge in [-0.2, -0.15) is 8.42 Å². The first kappa shape index (κ1) is 31.0. The Morgan fingerprint density at radius 3 is 2.16 bits per heavy atom. The lowest BCUT2D eigenvalue weighted by atomic mass is 10.1. The van der Waals surface area contributed by atoms with E-state index < -0.39 is 10.1 Å². The zero-order valence-corrected chi connectivity index (χ0v) is 26.9. The van der Waals surface area contributed by atoms with Crippen molar-refractivity contribution in [3.63, 3.8) is 0 Å². The molecule has 220 valence electrons. The number of amidine groups is 1. The molecule has 0 saturated carbocycles. The molecule has 0 bridgehead atoms. The van der Waals surface area contributed by atoms with Crippen molar-refractivity contribution in [1.82, 2.24) is 0 Å². The molecule has 1 saturated heterocycles. The van der Waals surface area contributed by atoms with E-state index in [4.69, 9.17) is 48.7 Å². The van der Waals surface area contributed by atoms with Crippen LogP contribution in [0.4, 0.5) is 11.4 Å². The number of anilines is 1. The zero-order valence-electron chi connectivity index (χ0n) is 23.0. The van der Waals surface area contributed by atoms with E-state index in [0.717, 1.165) is 11.1 Å². The number of ether oxygens (including phenoxy) is 1. The summed E-state index contributed by atoms with van der Waals surface area (Å²) >= 11 is 19.8. The van der Waals surface area contributed by atoms with Crippen molar-refractivity contribution in [2.75, 3.05) is 12.0 Å². The highest BCUT2D eigenvalue weighted by molar-refractivity contribution is 8.19. The van der Waals surface area contributed by atoms with Gasteiger partial charge in [-0.3, -0.25) is 9.69 Å². The Morgan fingerprint density at radius 1 is 0.837 bits per heavy atom. The molecule has 12 heteroatoms. The topological polar surface area (TPSA) is 85.3 Å². The number of methoxy groups -OCH3 is 1. The fourth-order valence-electron chi connectivity index (χ4n) is 4.02. The van der Waals surface area contributed by atoms with Crippen LogP contribution in [0.1, 0.15) is 16.7 Å². The summed E-state index contributed by atoms with van der Waals surface area (Å²) in [5.41, 5.74) is 3.50. The number of aliphatic imine (C=N–C) groups is 1. The average molecular weight is 674 g/mol. The van der Waals surface area contributed by atoms with Gasteiger partial charge in [-0.25, -0.2) is 4.99 Å². The highest BCUT2D eigenvalue weighted by Crippen LogP contribution is 2.40. The number of hydrogen-bond acceptors (Lipinski definition) is 7. The first-order chi connectivity index (χ1) is 20.4. The Balaban J connectivity index is 1.50. The van der Waals surface area contributed by atoms with Crippen molar-refractivity contribution in [3.8, 4) is 11.5 Å². The van der Waals surface area contributed by atoms with E-state index >= 15 is 0 Å². The Morgan fingerprint density at radius 2 is 1.51 bits per heavy atom. The molecule has 5 rings (SSSR count). The van der Waals surface area contributed by atoms with Crippen LogP contribution < -0.4 is 13.8 Å². The third kappa shape index (κ3) is 6.87. The Kier molecular flexibility index (Phi) is 9.10. The van der Waals surface area contributed by atoms with Gasteiger partial charge in [-0.1, -0.05) is 53.0 Å². The maximum atomic E-state index is 13.8. The van der Waals surface area contributed by atoms with Gasteiger partial charge in [0.15, 0.2) is 16.7 Å². The second-order valence-electron chi connectivity index (χ2n) is 9.41. The molecule has 0 aliphatic carbocycles. The molecule has 0 radical (unpaired) electrons. The van der Waals surface area contributed by atoms with Crippen LogP contribution in [0, 0.1) is 13.8 Å². The minimum absolute atomic E-state index is 0.0144. The second kappa shape index (κ2) is 12.6. The molecule has 7 nitrogen and oxygen atoms in total. The molecule has 0 atom stereocenters. The van der Waals surface area contributed by atoms with Gasteiger partial charge >= 0.3 is 10.1 Å². The van der Waals surface area contributed by atoms with Crippen LogP contribution in [0.2, 0.25) is 15.1 Å². The van der Waals surface area contributed by atoms with Crippen LogP contribution >= 0.6 is 46.6 Å². The standard InChI is InChI=1S/C31H23Cl3N2O5S2/c1-18-4-9-22(16-25(18)33)35-31-36(23-10-5-19(2)26(34)17-23)30(37)29(42-31)15-20-6-13-27(28(14-20)40-3)41-43(38,39)24-11-7-21(32)8-12-24/h4-17H,1-3H3/b29-15+,35-31?. The number of aryl methyl sites for hydroxylation is 2. The normalized spacial score (nSPS) is 15.4. The zero-order chi connectivity index (χ0) is 30.9. The predicted molar refractivity (Wildman–Crippen MR) is 175 cm³/mol. The molecule has 0 N–H and O–H groups in total. The fraction of sp³-hybridized carbons (Fsp3) is 0.0968. The molecular weight excluding hydrogens is 651 g/mol. The smallest absolute Gasteiger partial charge is 0.339 e. The van der Waals surface area contributed by atoms with Gasteiger partial charge in [-0.15, -0.1) is 0 Å². The lowest BCUT2D eigenvalue weighted by molar-refractivity contribution is -0.113. The molecular formula is C31H23Cl3N2O5S2. The number of rotatable bonds is 7. The van der Waals surface area contributed by atoms with Gasteiger partial charge in [0.05, 0.1) is 23.4 Å².